The van der Waals surface area contributed by atoms with Gasteiger partial charge in [0.15, 0.2) is 0 Å². The molecule has 0 bridgehead atoms. The zero-order valence-electron chi connectivity index (χ0n) is 7.20. The van der Waals surface area contributed by atoms with Gasteiger partial charge in [-0.15, -0.1) is 0 Å². The van der Waals surface area contributed by atoms with Crippen LogP contribution in [0.3, 0.4) is 0 Å². The van der Waals surface area contributed by atoms with Crippen molar-refractivity contribution in [2.24, 2.45) is 5.84 Å². The molecule has 0 aliphatic carbocycles. The molecule has 0 heterocycles. The van der Waals surface area contributed by atoms with E-state index in [1.807, 2.05) is 19.0 Å². The van der Waals surface area contributed by atoms with Gasteiger partial charge in [-0.05, 0) is 26.0 Å². The Balaban J connectivity index is 3.31. The molecule has 0 rings (SSSR count). The second-order valence-electron chi connectivity index (χ2n) is 2.48. The molecule has 0 saturated heterocycles. The fourth-order valence-electron chi connectivity index (χ4n) is 0.413. The summed E-state index contributed by atoms with van der Waals surface area (Å²) in [5.41, 5.74) is 0. The number of hydrazine groups is 1. The minimum Gasteiger partial charge on any atom is -0.309 e. The van der Waals surface area contributed by atoms with Crippen molar-refractivity contribution >= 4 is 17.9 Å². The third kappa shape index (κ3) is 6.15. The lowest BCUT2D eigenvalue weighted by molar-refractivity contribution is -0.124. The Bertz CT molecular complexity index is 129. The first-order chi connectivity index (χ1) is 5.04. The Morgan fingerprint density at radius 1 is 1.55 bits per heavy atom. The van der Waals surface area contributed by atoms with Crippen molar-refractivity contribution in [3.63, 3.8) is 0 Å². The molecule has 4 nitrogen and oxygen atoms in total. The van der Waals surface area contributed by atoms with Gasteiger partial charge in [-0.25, -0.2) is 10.3 Å². The highest BCUT2D eigenvalue weighted by atomic mass is 32.2. The Hall–Kier alpha value is -0.260. The molecule has 11 heavy (non-hydrogen) atoms. The maximum Gasteiger partial charge on any atom is 0.243 e. The number of nitrogens with zero attached hydrogens (tertiary/aromatic N) is 2. The molecule has 0 aliphatic heterocycles. The summed E-state index contributed by atoms with van der Waals surface area (Å²) in [6.07, 6.45) is 0. The van der Waals surface area contributed by atoms with Crippen LogP contribution in [-0.4, -0.2) is 41.6 Å². The Morgan fingerprint density at radius 2 is 2.09 bits per heavy atom. The average molecular weight is 177 g/mol. The second kappa shape index (κ2) is 5.40. The molecule has 0 saturated carbocycles. The first kappa shape index (κ1) is 10.7. The maximum absolute atomic E-state index is 10.6. The van der Waals surface area contributed by atoms with Gasteiger partial charge in [0.25, 0.3) is 0 Å². The molecular formula is C6H15N3OS. The highest BCUT2D eigenvalue weighted by Crippen LogP contribution is 2.03. The fraction of sp³-hybridized carbons (Fsp3) is 0.833. The van der Waals surface area contributed by atoms with Crippen LogP contribution in [0.25, 0.3) is 0 Å². The molecule has 2 N–H and O–H groups in total. The molecule has 0 aromatic rings. The smallest absolute Gasteiger partial charge is 0.243 e. The number of nitrogens with two attached hydrogens (primary N) is 1. The lowest BCUT2D eigenvalue weighted by atomic mass is 10.7. The summed E-state index contributed by atoms with van der Waals surface area (Å²) < 4.78 is 1.16. The highest BCUT2D eigenvalue weighted by Gasteiger charge is 2.02. The minimum absolute atomic E-state index is 0.117. The van der Waals surface area contributed by atoms with Crippen LogP contribution in [0.5, 0.6) is 0 Å². The van der Waals surface area contributed by atoms with Crippen molar-refractivity contribution in [1.29, 1.82) is 0 Å². The number of amides is 1. The first-order valence-electron chi connectivity index (χ1n) is 3.37. The summed E-state index contributed by atoms with van der Waals surface area (Å²) in [5, 5.41) is 0. The summed E-state index contributed by atoms with van der Waals surface area (Å²) in [6.45, 7) is 2.37. The van der Waals surface area contributed by atoms with E-state index in [-0.39, 0.29) is 5.91 Å². The number of carbonyl (C=O) groups excluding carboxylic acids is 1. The van der Waals surface area contributed by atoms with Gasteiger partial charge in [0.2, 0.25) is 5.91 Å². The zero-order chi connectivity index (χ0) is 8.85. The topological polar surface area (TPSA) is 49.6 Å². The Morgan fingerprint density at radius 3 is 2.45 bits per heavy atom. The SMILES string of the molecule is CC(=O)N(N)SCCN(C)C. The quantitative estimate of drug-likeness (QED) is 0.282. The van der Waals surface area contributed by atoms with Crippen LogP contribution >= 0.6 is 11.9 Å². The number of rotatable bonds is 4. The molecule has 0 fully saturated rings. The van der Waals surface area contributed by atoms with Crippen molar-refractivity contribution in [3.05, 3.63) is 0 Å². The largest absolute Gasteiger partial charge is 0.309 e. The molecule has 66 valence electrons. The zero-order valence-corrected chi connectivity index (χ0v) is 8.02. The molecule has 0 atom stereocenters. The fourth-order valence-corrected chi connectivity index (χ4v) is 1.24. The molecule has 0 unspecified atom stereocenters. The van der Waals surface area contributed by atoms with Gasteiger partial charge in [0, 0.05) is 19.2 Å². The van der Waals surface area contributed by atoms with Gasteiger partial charge in [0.05, 0.1) is 0 Å². The Labute approximate surface area is 71.8 Å². The highest BCUT2D eigenvalue weighted by molar-refractivity contribution is 7.97. The van der Waals surface area contributed by atoms with Gasteiger partial charge in [0.1, 0.15) is 0 Å². The molecule has 0 radical (unpaired) electrons. The molecule has 0 aromatic carbocycles. The molecule has 1 amide bonds. The molecule has 5 heteroatoms. The van der Waals surface area contributed by atoms with Crippen LogP contribution in [0.4, 0.5) is 0 Å². The third-order valence-electron chi connectivity index (χ3n) is 1.08. The van der Waals surface area contributed by atoms with E-state index in [2.05, 4.69) is 0 Å². The van der Waals surface area contributed by atoms with E-state index in [0.717, 1.165) is 16.7 Å². The van der Waals surface area contributed by atoms with Gasteiger partial charge in [-0.2, -0.15) is 0 Å². The average Bonchev–Trinajstić information content (AvgIpc) is 1.86. The monoisotopic (exact) mass is 177 g/mol. The summed E-state index contributed by atoms with van der Waals surface area (Å²) >= 11 is 1.33. The Kier molecular flexibility index (Phi) is 5.27. The predicted octanol–water partition coefficient (Wildman–Crippen LogP) is -0.0816. The van der Waals surface area contributed by atoms with Gasteiger partial charge >= 0.3 is 0 Å². The first-order valence-corrected chi connectivity index (χ1v) is 4.31. The van der Waals surface area contributed by atoms with Crippen LogP contribution in [0.15, 0.2) is 0 Å². The van der Waals surface area contributed by atoms with Crippen molar-refractivity contribution < 1.29 is 4.79 Å². The van der Waals surface area contributed by atoms with Gasteiger partial charge < -0.3 is 4.90 Å². The van der Waals surface area contributed by atoms with E-state index >= 15 is 0 Å². The molecule has 0 spiro atoms. The molecule has 0 aliphatic rings. The van der Waals surface area contributed by atoms with Crippen molar-refractivity contribution in [2.45, 2.75) is 6.92 Å². The van der Waals surface area contributed by atoms with Crippen LogP contribution in [-0.2, 0) is 4.79 Å². The van der Waals surface area contributed by atoms with Crippen LogP contribution in [0, 0.1) is 0 Å². The number of hydrogen-bond donors (Lipinski definition) is 1. The summed E-state index contributed by atoms with van der Waals surface area (Å²) in [4.78, 5) is 12.6. The maximum atomic E-state index is 10.6. The summed E-state index contributed by atoms with van der Waals surface area (Å²) in [6, 6.07) is 0. The van der Waals surface area contributed by atoms with Crippen molar-refractivity contribution in [1.82, 2.24) is 9.31 Å². The molecule has 0 aromatic heterocycles. The lowest BCUT2D eigenvalue weighted by Gasteiger charge is -2.14. The van der Waals surface area contributed by atoms with Gasteiger partial charge in [-0.1, -0.05) is 0 Å². The van der Waals surface area contributed by atoms with E-state index in [1.54, 1.807) is 0 Å². The molecular weight excluding hydrogens is 162 g/mol. The minimum atomic E-state index is -0.117. The van der Waals surface area contributed by atoms with Crippen LogP contribution in [0.1, 0.15) is 6.92 Å². The van der Waals surface area contributed by atoms with Crippen molar-refractivity contribution in [2.75, 3.05) is 26.4 Å². The number of hydrogen-bond acceptors (Lipinski definition) is 4. The standard InChI is InChI=1S/C6H15N3OS/c1-6(10)9(7)11-5-4-8(2)3/h4-5,7H2,1-3H3. The third-order valence-corrected chi connectivity index (χ3v) is 1.98. The predicted molar refractivity (Wildman–Crippen MR) is 47.7 cm³/mol. The van der Waals surface area contributed by atoms with E-state index in [1.165, 1.54) is 18.9 Å². The van der Waals surface area contributed by atoms with Crippen LogP contribution in [0.2, 0.25) is 0 Å². The van der Waals surface area contributed by atoms with Crippen LogP contribution < -0.4 is 5.84 Å². The summed E-state index contributed by atoms with van der Waals surface area (Å²) in [5.74, 6) is 6.05. The summed E-state index contributed by atoms with van der Waals surface area (Å²) in [7, 11) is 3.96. The van der Waals surface area contributed by atoms with E-state index in [0.29, 0.717) is 0 Å². The second-order valence-corrected chi connectivity index (χ2v) is 3.54. The normalized spacial score (nSPS) is 10.3. The van der Waals surface area contributed by atoms with E-state index in [4.69, 9.17) is 5.84 Å². The van der Waals surface area contributed by atoms with E-state index < -0.39 is 0 Å². The van der Waals surface area contributed by atoms with Crippen molar-refractivity contribution in [3.8, 4) is 0 Å². The number of carbonyl (C=O) groups is 1. The lowest BCUT2D eigenvalue weighted by Crippen LogP contribution is -2.30. The van der Waals surface area contributed by atoms with Gasteiger partial charge in [-0.3, -0.25) is 4.79 Å². The van der Waals surface area contributed by atoms with E-state index in [9.17, 15) is 4.79 Å².